The quantitative estimate of drug-likeness (QED) is 0.808. The lowest BCUT2D eigenvalue weighted by atomic mass is 10.1. The molecule has 0 aliphatic carbocycles. The number of hydrogen-bond acceptors (Lipinski definition) is 5. The van der Waals surface area contributed by atoms with Crippen LogP contribution in [-0.2, 0) is 6.54 Å². The lowest BCUT2D eigenvalue weighted by Crippen LogP contribution is -2.49. The molecule has 1 aliphatic rings. The maximum atomic E-state index is 11.7. The molecule has 1 atom stereocenters. The topological polar surface area (TPSA) is 65.7 Å². The van der Waals surface area contributed by atoms with Crippen LogP contribution in [0.4, 0.5) is 0 Å². The summed E-state index contributed by atoms with van der Waals surface area (Å²) in [6.07, 6.45) is 0. The highest BCUT2D eigenvalue weighted by Gasteiger charge is 2.19. The minimum atomic E-state index is -0.374. The zero-order valence-electron chi connectivity index (χ0n) is 11.4. The van der Waals surface area contributed by atoms with E-state index in [0.717, 1.165) is 37.1 Å². The van der Waals surface area contributed by atoms with Crippen LogP contribution in [-0.4, -0.2) is 35.7 Å². The van der Waals surface area contributed by atoms with Gasteiger partial charge in [0.1, 0.15) is 11.3 Å². The van der Waals surface area contributed by atoms with Gasteiger partial charge in [-0.25, -0.2) is 4.79 Å². The number of hydrogen-bond donors (Lipinski definition) is 2. The molecule has 1 fully saturated rings. The van der Waals surface area contributed by atoms with Gasteiger partial charge in [0.2, 0.25) is 0 Å². The van der Waals surface area contributed by atoms with Crippen LogP contribution in [0, 0.1) is 0 Å². The molecule has 2 N–H and O–H groups in total. The summed E-state index contributed by atoms with van der Waals surface area (Å²) < 4.78 is 5.15. The van der Waals surface area contributed by atoms with E-state index in [1.807, 2.05) is 0 Å². The van der Waals surface area contributed by atoms with E-state index in [1.54, 1.807) is 18.2 Å². The molecule has 2 aromatic rings. The van der Waals surface area contributed by atoms with Gasteiger partial charge < -0.3 is 14.8 Å². The Morgan fingerprint density at radius 3 is 3.10 bits per heavy atom. The molecule has 1 aliphatic heterocycles. The van der Waals surface area contributed by atoms with E-state index >= 15 is 0 Å². The first kappa shape index (κ1) is 13.1. The summed E-state index contributed by atoms with van der Waals surface area (Å²) in [5.41, 5.74) is 1.01. The molecule has 3 rings (SSSR count). The third-order valence-corrected chi connectivity index (χ3v) is 3.83. The van der Waals surface area contributed by atoms with Crippen molar-refractivity contribution in [2.45, 2.75) is 19.5 Å². The van der Waals surface area contributed by atoms with Crippen molar-refractivity contribution in [3.8, 4) is 5.75 Å². The van der Waals surface area contributed by atoms with Crippen molar-refractivity contribution in [1.29, 1.82) is 0 Å². The van der Waals surface area contributed by atoms with Crippen LogP contribution in [0.1, 0.15) is 12.5 Å². The predicted octanol–water partition coefficient (Wildman–Crippen LogP) is 1.29. The highest BCUT2D eigenvalue weighted by molar-refractivity contribution is 5.81. The molecule has 0 unspecified atom stereocenters. The van der Waals surface area contributed by atoms with E-state index in [0.29, 0.717) is 11.6 Å². The minimum Gasteiger partial charge on any atom is -0.508 e. The van der Waals surface area contributed by atoms with E-state index in [-0.39, 0.29) is 11.4 Å². The van der Waals surface area contributed by atoms with Gasteiger partial charge in [-0.05, 0) is 24.6 Å². The van der Waals surface area contributed by atoms with Crippen LogP contribution in [0.2, 0.25) is 0 Å². The maximum absolute atomic E-state index is 11.7. The standard InChI is InChI=1S/C15H18N2O3/c1-10-8-16-4-5-17(10)9-11-6-15(19)20-14-7-12(18)2-3-13(11)14/h2-3,6-7,10,16,18H,4-5,8-9H2,1H3/t10-/m1/s1. The molecule has 0 amide bonds. The Morgan fingerprint density at radius 1 is 1.45 bits per heavy atom. The molecule has 0 saturated carbocycles. The molecule has 1 saturated heterocycles. The fourth-order valence-electron chi connectivity index (χ4n) is 2.69. The average Bonchev–Trinajstić information content (AvgIpc) is 2.40. The van der Waals surface area contributed by atoms with Crippen molar-refractivity contribution in [2.75, 3.05) is 19.6 Å². The second kappa shape index (κ2) is 5.26. The van der Waals surface area contributed by atoms with Gasteiger partial charge in [0.25, 0.3) is 0 Å². The monoisotopic (exact) mass is 274 g/mol. The highest BCUT2D eigenvalue weighted by atomic mass is 16.4. The molecule has 0 spiro atoms. The summed E-state index contributed by atoms with van der Waals surface area (Å²) >= 11 is 0. The number of fused-ring (bicyclic) bond motifs is 1. The summed E-state index contributed by atoms with van der Waals surface area (Å²) in [7, 11) is 0. The Hall–Kier alpha value is -1.85. The molecule has 5 heteroatoms. The Labute approximate surface area is 116 Å². The molecule has 0 bridgehead atoms. The summed E-state index contributed by atoms with van der Waals surface area (Å²) in [5, 5.41) is 13.7. The maximum Gasteiger partial charge on any atom is 0.336 e. The zero-order valence-corrected chi connectivity index (χ0v) is 11.4. The lowest BCUT2D eigenvalue weighted by molar-refractivity contribution is 0.166. The fourth-order valence-corrected chi connectivity index (χ4v) is 2.69. The molecule has 1 aromatic carbocycles. The van der Waals surface area contributed by atoms with Gasteiger partial charge in [0, 0.05) is 49.7 Å². The Kier molecular flexibility index (Phi) is 3.46. The number of benzene rings is 1. The highest BCUT2D eigenvalue weighted by Crippen LogP contribution is 2.23. The first-order valence-electron chi connectivity index (χ1n) is 6.84. The van der Waals surface area contributed by atoms with Crippen LogP contribution < -0.4 is 10.9 Å². The smallest absolute Gasteiger partial charge is 0.336 e. The number of aromatic hydroxyl groups is 1. The van der Waals surface area contributed by atoms with E-state index < -0.39 is 0 Å². The van der Waals surface area contributed by atoms with Crippen LogP contribution in [0.5, 0.6) is 5.75 Å². The molecule has 2 heterocycles. The Bertz CT molecular complexity index is 680. The third-order valence-electron chi connectivity index (χ3n) is 3.83. The molecular formula is C15H18N2O3. The Morgan fingerprint density at radius 2 is 2.30 bits per heavy atom. The molecular weight excluding hydrogens is 256 g/mol. The van der Waals surface area contributed by atoms with Crippen molar-refractivity contribution in [3.05, 3.63) is 40.2 Å². The van der Waals surface area contributed by atoms with Crippen molar-refractivity contribution in [2.24, 2.45) is 0 Å². The molecule has 20 heavy (non-hydrogen) atoms. The van der Waals surface area contributed by atoms with Gasteiger partial charge in [-0.3, -0.25) is 4.90 Å². The van der Waals surface area contributed by atoms with E-state index in [2.05, 4.69) is 17.1 Å². The van der Waals surface area contributed by atoms with Gasteiger partial charge in [0.05, 0.1) is 0 Å². The van der Waals surface area contributed by atoms with E-state index in [9.17, 15) is 9.90 Å². The van der Waals surface area contributed by atoms with Gasteiger partial charge in [-0.1, -0.05) is 0 Å². The first-order valence-corrected chi connectivity index (χ1v) is 6.84. The van der Waals surface area contributed by atoms with Crippen LogP contribution in [0.15, 0.2) is 33.5 Å². The molecule has 106 valence electrons. The normalized spacial score (nSPS) is 20.4. The summed E-state index contributed by atoms with van der Waals surface area (Å²) in [6.45, 7) is 5.77. The van der Waals surface area contributed by atoms with Gasteiger partial charge >= 0.3 is 5.63 Å². The molecule has 1 aromatic heterocycles. The number of rotatable bonds is 2. The SMILES string of the molecule is C[C@@H]1CNCCN1Cc1cc(=O)oc2cc(O)ccc12. The van der Waals surface area contributed by atoms with Crippen LogP contribution in [0.25, 0.3) is 11.0 Å². The second-order valence-electron chi connectivity index (χ2n) is 5.29. The van der Waals surface area contributed by atoms with Crippen LogP contribution >= 0.6 is 0 Å². The zero-order chi connectivity index (χ0) is 14.1. The number of phenols is 1. The number of nitrogens with one attached hydrogen (secondary N) is 1. The fraction of sp³-hybridized carbons (Fsp3) is 0.400. The van der Waals surface area contributed by atoms with Gasteiger partial charge in [-0.2, -0.15) is 0 Å². The lowest BCUT2D eigenvalue weighted by Gasteiger charge is -2.34. The van der Waals surface area contributed by atoms with Crippen molar-refractivity contribution in [1.82, 2.24) is 10.2 Å². The van der Waals surface area contributed by atoms with E-state index in [1.165, 1.54) is 6.07 Å². The van der Waals surface area contributed by atoms with Crippen molar-refractivity contribution in [3.63, 3.8) is 0 Å². The summed E-state index contributed by atoms with van der Waals surface area (Å²) in [6, 6.07) is 6.89. The third kappa shape index (κ3) is 2.55. The average molecular weight is 274 g/mol. The molecule has 5 nitrogen and oxygen atoms in total. The van der Waals surface area contributed by atoms with Gasteiger partial charge in [-0.15, -0.1) is 0 Å². The first-order chi connectivity index (χ1) is 9.63. The molecule has 0 radical (unpaired) electrons. The Balaban J connectivity index is 2.00. The second-order valence-corrected chi connectivity index (χ2v) is 5.29. The predicted molar refractivity (Wildman–Crippen MR) is 76.9 cm³/mol. The van der Waals surface area contributed by atoms with Gasteiger partial charge in [0.15, 0.2) is 0 Å². The summed E-state index contributed by atoms with van der Waals surface area (Å²) in [4.78, 5) is 14.0. The number of nitrogens with zero attached hydrogens (tertiary/aromatic N) is 1. The number of phenolic OH excluding ortho intramolecular Hbond substituents is 1. The van der Waals surface area contributed by atoms with E-state index in [4.69, 9.17) is 4.42 Å². The van der Waals surface area contributed by atoms with Crippen LogP contribution in [0.3, 0.4) is 0 Å². The minimum absolute atomic E-state index is 0.105. The van der Waals surface area contributed by atoms with Crippen molar-refractivity contribution < 1.29 is 9.52 Å². The summed E-state index contributed by atoms with van der Waals surface area (Å²) in [5.74, 6) is 0.105. The number of piperazine rings is 1. The van der Waals surface area contributed by atoms with Crippen molar-refractivity contribution >= 4 is 11.0 Å². The largest absolute Gasteiger partial charge is 0.508 e.